The molecule has 8 aromatic carbocycles. The highest BCUT2D eigenvalue weighted by atomic mass is 32.1. The summed E-state index contributed by atoms with van der Waals surface area (Å²) in [6.45, 7) is 0. The molecular formula is C46H29NS2. The van der Waals surface area contributed by atoms with E-state index in [1.807, 2.05) is 22.7 Å². The molecule has 0 amide bonds. The third-order valence-corrected chi connectivity index (χ3v) is 11.9. The van der Waals surface area contributed by atoms with Gasteiger partial charge in [-0.15, -0.1) is 22.7 Å². The Hall–Kier alpha value is -5.74. The molecule has 1 nitrogen and oxygen atoms in total. The predicted molar refractivity (Wildman–Crippen MR) is 215 cm³/mol. The summed E-state index contributed by atoms with van der Waals surface area (Å²) in [5.41, 5.74) is 8.30. The first-order chi connectivity index (χ1) is 24.3. The molecule has 2 aromatic heterocycles. The van der Waals surface area contributed by atoms with E-state index < -0.39 is 0 Å². The lowest BCUT2D eigenvalue weighted by molar-refractivity contribution is 1.29. The Labute approximate surface area is 292 Å². The molecule has 0 fully saturated rings. The average Bonchev–Trinajstić information content (AvgIpc) is 3.73. The van der Waals surface area contributed by atoms with Crippen molar-refractivity contribution in [2.75, 3.05) is 4.90 Å². The molecule has 0 saturated carbocycles. The monoisotopic (exact) mass is 659 g/mol. The average molecular weight is 660 g/mol. The summed E-state index contributed by atoms with van der Waals surface area (Å²) >= 11 is 3.72. The van der Waals surface area contributed by atoms with Crippen molar-refractivity contribution < 1.29 is 0 Å². The van der Waals surface area contributed by atoms with Gasteiger partial charge in [-0.25, -0.2) is 0 Å². The quantitative estimate of drug-likeness (QED) is 0.178. The number of rotatable bonds is 5. The number of benzene rings is 8. The number of fused-ring (bicyclic) bond motifs is 7. The maximum atomic E-state index is 2.40. The van der Waals surface area contributed by atoms with Crippen molar-refractivity contribution >= 4 is 90.9 Å². The van der Waals surface area contributed by atoms with E-state index in [1.165, 1.54) is 73.4 Å². The van der Waals surface area contributed by atoms with Crippen LogP contribution in [0.3, 0.4) is 0 Å². The molecule has 0 aliphatic carbocycles. The van der Waals surface area contributed by atoms with Crippen molar-refractivity contribution in [2.45, 2.75) is 0 Å². The molecule has 0 bridgehead atoms. The maximum Gasteiger partial charge on any atom is 0.0476 e. The van der Waals surface area contributed by atoms with Crippen LogP contribution in [0.1, 0.15) is 0 Å². The Morgan fingerprint density at radius 2 is 0.878 bits per heavy atom. The first-order valence-corrected chi connectivity index (χ1v) is 18.2. The van der Waals surface area contributed by atoms with Crippen LogP contribution in [-0.4, -0.2) is 0 Å². The van der Waals surface area contributed by atoms with Crippen molar-refractivity contribution in [1.29, 1.82) is 0 Å². The maximum absolute atomic E-state index is 2.40. The molecule has 10 rings (SSSR count). The minimum atomic E-state index is 1.13. The highest BCUT2D eigenvalue weighted by Gasteiger charge is 2.17. The fourth-order valence-electron chi connectivity index (χ4n) is 7.30. The van der Waals surface area contributed by atoms with Crippen LogP contribution in [0, 0.1) is 0 Å². The molecule has 0 N–H and O–H groups in total. The van der Waals surface area contributed by atoms with Crippen molar-refractivity contribution in [3.8, 4) is 22.3 Å². The van der Waals surface area contributed by atoms with Crippen LogP contribution in [0.2, 0.25) is 0 Å². The van der Waals surface area contributed by atoms with Crippen LogP contribution < -0.4 is 4.90 Å². The van der Waals surface area contributed by atoms with Crippen LogP contribution in [0.25, 0.3) is 73.4 Å². The van der Waals surface area contributed by atoms with Gasteiger partial charge in [0.25, 0.3) is 0 Å². The third-order valence-electron chi connectivity index (χ3n) is 9.66. The standard InChI is InChI=1S/C46H29NS2/c1-2-13-37-30(9-1)10-8-16-38(37)31-19-22-34(23-20-31)47(36-24-25-41-39-14-3-5-17-43(39)49-46(41)29-36)35-12-7-11-32(27-35)33-21-26-45-42(28-33)40-15-4-6-18-44(40)48-45/h1-29H. The SMILES string of the molecule is c1cc(-c2ccc3sc4ccccc4c3c2)cc(N(c2ccc(-c3cccc4ccccc34)cc2)c2ccc3c(c2)sc2ccccc23)c1. The molecule has 0 aliphatic heterocycles. The van der Waals surface area contributed by atoms with Gasteiger partial charge in [-0.2, -0.15) is 0 Å². The van der Waals surface area contributed by atoms with Crippen molar-refractivity contribution in [1.82, 2.24) is 0 Å². The zero-order chi connectivity index (χ0) is 32.3. The summed E-state index contributed by atoms with van der Waals surface area (Å²) in [6, 6.07) is 64.5. The topological polar surface area (TPSA) is 3.24 Å². The summed E-state index contributed by atoms with van der Waals surface area (Å²) in [7, 11) is 0. The second-order valence-electron chi connectivity index (χ2n) is 12.5. The first-order valence-electron chi connectivity index (χ1n) is 16.6. The van der Waals surface area contributed by atoms with Gasteiger partial charge in [0.15, 0.2) is 0 Å². The van der Waals surface area contributed by atoms with Crippen LogP contribution in [0.15, 0.2) is 176 Å². The van der Waals surface area contributed by atoms with Gasteiger partial charge in [0.05, 0.1) is 0 Å². The van der Waals surface area contributed by atoms with Gasteiger partial charge >= 0.3 is 0 Å². The zero-order valence-corrected chi connectivity index (χ0v) is 28.1. The smallest absolute Gasteiger partial charge is 0.0476 e. The molecular weight excluding hydrogens is 631 g/mol. The molecule has 0 saturated heterocycles. The summed E-state index contributed by atoms with van der Waals surface area (Å²) in [5, 5.41) is 7.80. The van der Waals surface area contributed by atoms with Gasteiger partial charge in [0, 0.05) is 57.4 Å². The molecule has 0 aliphatic rings. The van der Waals surface area contributed by atoms with Gasteiger partial charge in [0.2, 0.25) is 0 Å². The number of thiophene rings is 2. The fraction of sp³-hybridized carbons (Fsp3) is 0. The molecule has 230 valence electrons. The van der Waals surface area contributed by atoms with E-state index in [0.29, 0.717) is 0 Å². The van der Waals surface area contributed by atoms with E-state index in [2.05, 4.69) is 181 Å². The van der Waals surface area contributed by atoms with Gasteiger partial charge in [-0.1, -0.05) is 115 Å². The number of anilines is 3. The third kappa shape index (κ3) is 4.82. The van der Waals surface area contributed by atoms with E-state index in [1.54, 1.807) is 0 Å². The lowest BCUT2D eigenvalue weighted by atomic mass is 9.98. The summed E-state index contributed by atoms with van der Waals surface area (Å²) in [4.78, 5) is 2.40. The minimum absolute atomic E-state index is 1.13. The summed E-state index contributed by atoms with van der Waals surface area (Å²) in [5.74, 6) is 0. The first kappa shape index (κ1) is 28.3. The lowest BCUT2D eigenvalue weighted by Crippen LogP contribution is -2.10. The molecule has 10 aromatic rings. The van der Waals surface area contributed by atoms with E-state index in [9.17, 15) is 0 Å². The van der Waals surface area contributed by atoms with Gasteiger partial charge < -0.3 is 4.90 Å². The number of hydrogen-bond acceptors (Lipinski definition) is 3. The van der Waals surface area contributed by atoms with Crippen LogP contribution >= 0.6 is 22.7 Å². The zero-order valence-electron chi connectivity index (χ0n) is 26.5. The van der Waals surface area contributed by atoms with Crippen LogP contribution in [0.5, 0.6) is 0 Å². The largest absolute Gasteiger partial charge is 0.310 e. The normalized spacial score (nSPS) is 11.7. The second-order valence-corrected chi connectivity index (χ2v) is 14.7. The highest BCUT2D eigenvalue weighted by Crippen LogP contribution is 2.43. The van der Waals surface area contributed by atoms with Gasteiger partial charge in [-0.05, 0) is 93.7 Å². The molecule has 2 heterocycles. The molecule has 3 heteroatoms. The Morgan fingerprint density at radius 3 is 1.71 bits per heavy atom. The second kappa shape index (κ2) is 11.5. The van der Waals surface area contributed by atoms with E-state index >= 15 is 0 Å². The highest BCUT2D eigenvalue weighted by molar-refractivity contribution is 7.26. The number of hydrogen-bond donors (Lipinski definition) is 0. The lowest BCUT2D eigenvalue weighted by Gasteiger charge is -2.26. The summed E-state index contributed by atoms with van der Waals surface area (Å²) < 4.78 is 5.27. The molecule has 0 radical (unpaired) electrons. The van der Waals surface area contributed by atoms with Gasteiger partial charge in [0.1, 0.15) is 0 Å². The Balaban J connectivity index is 1.12. The fourth-order valence-corrected chi connectivity index (χ4v) is 9.52. The Bertz CT molecular complexity index is 2830. The van der Waals surface area contributed by atoms with E-state index in [0.717, 1.165) is 17.1 Å². The summed E-state index contributed by atoms with van der Waals surface area (Å²) in [6.07, 6.45) is 0. The molecule has 49 heavy (non-hydrogen) atoms. The molecule has 0 spiro atoms. The Kier molecular flexibility index (Phi) is 6.61. The Morgan fingerprint density at radius 1 is 0.306 bits per heavy atom. The van der Waals surface area contributed by atoms with Crippen LogP contribution in [0.4, 0.5) is 17.1 Å². The molecule has 0 unspecified atom stereocenters. The molecule has 0 atom stereocenters. The minimum Gasteiger partial charge on any atom is -0.310 e. The van der Waals surface area contributed by atoms with Crippen molar-refractivity contribution in [3.05, 3.63) is 176 Å². The van der Waals surface area contributed by atoms with E-state index in [-0.39, 0.29) is 0 Å². The van der Waals surface area contributed by atoms with Crippen LogP contribution in [-0.2, 0) is 0 Å². The van der Waals surface area contributed by atoms with Crippen molar-refractivity contribution in [2.24, 2.45) is 0 Å². The van der Waals surface area contributed by atoms with Gasteiger partial charge in [-0.3, -0.25) is 0 Å². The van der Waals surface area contributed by atoms with E-state index in [4.69, 9.17) is 0 Å². The number of nitrogens with zero attached hydrogens (tertiary/aromatic N) is 1. The van der Waals surface area contributed by atoms with Crippen molar-refractivity contribution in [3.63, 3.8) is 0 Å². The predicted octanol–water partition coefficient (Wildman–Crippen LogP) is 14.4.